The van der Waals surface area contributed by atoms with Crippen molar-refractivity contribution in [3.63, 3.8) is 0 Å². The van der Waals surface area contributed by atoms with Gasteiger partial charge in [0, 0.05) is 31.2 Å². The lowest BCUT2D eigenvalue weighted by atomic mass is 10.1. The van der Waals surface area contributed by atoms with Crippen LogP contribution in [0.4, 0.5) is 5.69 Å². The number of sulfonamides is 1. The van der Waals surface area contributed by atoms with Gasteiger partial charge in [0.05, 0.1) is 6.61 Å². The van der Waals surface area contributed by atoms with Gasteiger partial charge in [-0.05, 0) is 57.4 Å². The normalized spacial score (nSPS) is 20.4. The minimum absolute atomic E-state index is 0. The lowest BCUT2D eigenvalue weighted by Crippen LogP contribution is -2.35. The van der Waals surface area contributed by atoms with E-state index < -0.39 is 10.0 Å². The quantitative estimate of drug-likeness (QED) is 0.693. The molecule has 1 aromatic carbocycles. The highest BCUT2D eigenvalue weighted by Gasteiger charge is 2.29. The fourth-order valence-corrected chi connectivity index (χ4v) is 5.35. The standard InChI is InChI=1S/C19H29N3O4S.ClH/c1-2-26-17-9-8-16(21-19(23)14-15-7-6-10-20-15)13-18(17)27(24,25)22-11-4-3-5-12-22;/h8-9,13,15,20H,2-7,10-12,14H2,1H3,(H,21,23);1H. The van der Waals surface area contributed by atoms with Crippen molar-refractivity contribution in [2.24, 2.45) is 0 Å². The van der Waals surface area contributed by atoms with E-state index in [4.69, 9.17) is 4.74 Å². The number of benzene rings is 1. The Morgan fingerprint density at radius 1 is 1.25 bits per heavy atom. The third-order valence-electron chi connectivity index (χ3n) is 5.05. The van der Waals surface area contributed by atoms with Crippen molar-refractivity contribution < 1.29 is 17.9 Å². The Morgan fingerprint density at radius 3 is 2.64 bits per heavy atom. The number of nitrogens with one attached hydrogen (secondary N) is 2. The lowest BCUT2D eigenvalue weighted by molar-refractivity contribution is -0.116. The maximum absolute atomic E-state index is 13.1. The molecule has 3 rings (SSSR count). The van der Waals surface area contributed by atoms with E-state index in [0.717, 1.165) is 38.6 Å². The number of amides is 1. The van der Waals surface area contributed by atoms with Gasteiger partial charge in [-0.1, -0.05) is 6.42 Å². The number of anilines is 1. The molecule has 1 atom stereocenters. The van der Waals surface area contributed by atoms with Gasteiger partial charge in [0.1, 0.15) is 10.6 Å². The highest BCUT2D eigenvalue weighted by molar-refractivity contribution is 7.89. The minimum atomic E-state index is -3.65. The van der Waals surface area contributed by atoms with Gasteiger partial charge in [0.25, 0.3) is 0 Å². The van der Waals surface area contributed by atoms with E-state index in [0.29, 0.717) is 37.6 Å². The molecule has 0 saturated carbocycles. The van der Waals surface area contributed by atoms with Crippen molar-refractivity contribution in [3.05, 3.63) is 18.2 Å². The van der Waals surface area contributed by atoms with Crippen LogP contribution in [0.5, 0.6) is 5.75 Å². The molecule has 0 radical (unpaired) electrons. The first-order valence-electron chi connectivity index (χ1n) is 9.81. The van der Waals surface area contributed by atoms with Crippen LogP contribution < -0.4 is 15.4 Å². The minimum Gasteiger partial charge on any atom is -0.492 e. The van der Waals surface area contributed by atoms with Crippen molar-refractivity contribution in [2.45, 2.75) is 56.4 Å². The first-order valence-corrected chi connectivity index (χ1v) is 11.2. The summed E-state index contributed by atoms with van der Waals surface area (Å²) in [5.74, 6) is 0.221. The van der Waals surface area contributed by atoms with Crippen molar-refractivity contribution in [2.75, 3.05) is 31.6 Å². The van der Waals surface area contributed by atoms with Gasteiger partial charge in [0.2, 0.25) is 15.9 Å². The molecule has 1 unspecified atom stereocenters. The third kappa shape index (κ3) is 5.59. The van der Waals surface area contributed by atoms with Crippen molar-refractivity contribution in [3.8, 4) is 5.75 Å². The molecular weight excluding hydrogens is 402 g/mol. The second kappa shape index (κ2) is 10.4. The van der Waals surface area contributed by atoms with Gasteiger partial charge in [0.15, 0.2) is 0 Å². The van der Waals surface area contributed by atoms with Crippen LogP contribution in [-0.4, -0.2) is 50.9 Å². The summed E-state index contributed by atoms with van der Waals surface area (Å²) in [4.78, 5) is 12.4. The van der Waals surface area contributed by atoms with Gasteiger partial charge in [-0.2, -0.15) is 4.31 Å². The molecule has 158 valence electrons. The molecule has 7 nitrogen and oxygen atoms in total. The number of nitrogens with zero attached hydrogens (tertiary/aromatic N) is 1. The Hall–Kier alpha value is -1.35. The number of piperidine rings is 1. The van der Waals surface area contributed by atoms with Crippen LogP contribution in [0.15, 0.2) is 23.1 Å². The number of halogens is 1. The molecule has 1 aromatic rings. The van der Waals surface area contributed by atoms with Gasteiger partial charge < -0.3 is 15.4 Å². The molecule has 9 heteroatoms. The fraction of sp³-hybridized carbons (Fsp3) is 0.632. The summed E-state index contributed by atoms with van der Waals surface area (Å²) < 4.78 is 33.3. The van der Waals surface area contributed by atoms with Crippen LogP contribution in [0.2, 0.25) is 0 Å². The van der Waals surface area contributed by atoms with Crippen LogP contribution >= 0.6 is 12.4 Å². The van der Waals surface area contributed by atoms with Gasteiger partial charge in [-0.15, -0.1) is 12.4 Å². The summed E-state index contributed by atoms with van der Waals surface area (Å²) in [5.41, 5.74) is 0.483. The van der Waals surface area contributed by atoms with Crippen LogP contribution in [-0.2, 0) is 14.8 Å². The van der Waals surface area contributed by atoms with Crippen molar-refractivity contribution in [1.29, 1.82) is 0 Å². The average molecular weight is 432 g/mol. The van der Waals surface area contributed by atoms with E-state index in [1.165, 1.54) is 10.4 Å². The summed E-state index contributed by atoms with van der Waals surface area (Å²) in [6.07, 6.45) is 5.25. The molecule has 2 N–H and O–H groups in total. The molecule has 0 aromatic heterocycles. The van der Waals surface area contributed by atoms with Crippen LogP contribution in [0.25, 0.3) is 0 Å². The molecule has 0 spiro atoms. The summed E-state index contributed by atoms with van der Waals surface area (Å²) in [5, 5.41) is 6.13. The van der Waals surface area contributed by atoms with E-state index in [1.54, 1.807) is 12.1 Å². The Morgan fingerprint density at radius 2 is 2.00 bits per heavy atom. The van der Waals surface area contributed by atoms with E-state index in [9.17, 15) is 13.2 Å². The molecule has 2 fully saturated rings. The second-order valence-electron chi connectivity index (χ2n) is 7.10. The van der Waals surface area contributed by atoms with Crippen LogP contribution in [0.1, 0.15) is 45.4 Å². The third-order valence-corrected chi connectivity index (χ3v) is 6.97. The molecular formula is C19H30ClN3O4S. The zero-order valence-corrected chi connectivity index (χ0v) is 17.9. The largest absolute Gasteiger partial charge is 0.492 e. The average Bonchev–Trinajstić information content (AvgIpc) is 3.16. The van der Waals surface area contributed by atoms with E-state index >= 15 is 0 Å². The molecule has 2 aliphatic heterocycles. The number of hydrogen-bond donors (Lipinski definition) is 2. The Bertz CT molecular complexity index is 760. The Kier molecular flexibility index (Phi) is 8.55. The van der Waals surface area contributed by atoms with E-state index in [1.807, 2.05) is 6.92 Å². The maximum atomic E-state index is 13.1. The van der Waals surface area contributed by atoms with E-state index in [2.05, 4.69) is 10.6 Å². The van der Waals surface area contributed by atoms with Gasteiger partial charge in [-0.25, -0.2) is 8.42 Å². The lowest BCUT2D eigenvalue weighted by Gasteiger charge is -2.27. The molecule has 1 amide bonds. The summed E-state index contributed by atoms with van der Waals surface area (Å²) in [7, 11) is -3.65. The Labute approximate surface area is 173 Å². The zero-order chi connectivity index (χ0) is 19.3. The highest BCUT2D eigenvalue weighted by atomic mass is 35.5. The summed E-state index contributed by atoms with van der Waals surface area (Å²) in [6, 6.07) is 5.04. The molecule has 28 heavy (non-hydrogen) atoms. The van der Waals surface area contributed by atoms with Crippen molar-refractivity contribution >= 4 is 34.0 Å². The maximum Gasteiger partial charge on any atom is 0.246 e. The predicted molar refractivity (Wildman–Crippen MR) is 112 cm³/mol. The molecule has 0 aliphatic carbocycles. The smallest absolute Gasteiger partial charge is 0.246 e. The monoisotopic (exact) mass is 431 g/mol. The second-order valence-corrected chi connectivity index (χ2v) is 9.01. The van der Waals surface area contributed by atoms with Crippen molar-refractivity contribution in [1.82, 2.24) is 9.62 Å². The number of hydrogen-bond acceptors (Lipinski definition) is 5. The molecule has 2 aliphatic rings. The predicted octanol–water partition coefficient (Wildman–Crippen LogP) is 2.76. The first-order chi connectivity index (χ1) is 13.0. The fourth-order valence-electron chi connectivity index (χ4n) is 3.67. The highest BCUT2D eigenvalue weighted by Crippen LogP contribution is 2.31. The number of ether oxygens (including phenoxy) is 1. The SMILES string of the molecule is CCOc1ccc(NC(=O)CC2CCCN2)cc1S(=O)(=O)N1CCCCC1.Cl. The van der Waals surface area contributed by atoms with Crippen LogP contribution in [0, 0.1) is 0 Å². The first kappa shape index (κ1) is 22.9. The van der Waals surface area contributed by atoms with Gasteiger partial charge >= 0.3 is 0 Å². The zero-order valence-electron chi connectivity index (χ0n) is 16.3. The number of carbonyl (C=O) groups excluding carboxylic acids is 1. The van der Waals surface area contributed by atoms with Crippen LogP contribution in [0.3, 0.4) is 0 Å². The topological polar surface area (TPSA) is 87.7 Å². The molecule has 2 heterocycles. The summed E-state index contributed by atoms with van der Waals surface area (Å²) in [6.45, 7) is 4.19. The summed E-state index contributed by atoms with van der Waals surface area (Å²) >= 11 is 0. The molecule has 0 bridgehead atoms. The Balaban J connectivity index is 0.00000280. The molecule has 2 saturated heterocycles. The number of rotatable bonds is 7. The van der Waals surface area contributed by atoms with E-state index in [-0.39, 0.29) is 29.3 Å². The van der Waals surface area contributed by atoms with Gasteiger partial charge in [-0.3, -0.25) is 4.79 Å². The number of carbonyl (C=O) groups is 1.